The lowest BCUT2D eigenvalue weighted by Crippen LogP contribution is -2.32. The number of anilines is 1. The summed E-state index contributed by atoms with van der Waals surface area (Å²) in [4.78, 5) is 24.8. The van der Waals surface area contributed by atoms with Crippen molar-refractivity contribution in [2.24, 2.45) is 5.73 Å². The first kappa shape index (κ1) is 13.2. The normalized spacial score (nSPS) is 14.4. The molecule has 1 aromatic carbocycles. The van der Waals surface area contributed by atoms with Crippen molar-refractivity contribution >= 4 is 17.5 Å². The molecule has 1 aromatic rings. The minimum absolute atomic E-state index is 0.0789. The number of hydrogen-bond donors (Lipinski definition) is 2. The number of primary amides is 1. The third kappa shape index (κ3) is 3.15. The summed E-state index contributed by atoms with van der Waals surface area (Å²) < 4.78 is 5.38. The number of nitrogens with two attached hydrogens (primary N) is 2. The standard InChI is InChI=1S/C13H17N3O3/c14-9-3-4-11(10(7-9)13(15)18)19-8-12(17)16-5-1-2-6-16/h3-4,7H,1-2,5-6,8,14H2,(H2,15,18). The quantitative estimate of drug-likeness (QED) is 0.766. The second-order valence-electron chi connectivity index (χ2n) is 4.50. The highest BCUT2D eigenvalue weighted by molar-refractivity contribution is 5.96. The first-order valence-electron chi connectivity index (χ1n) is 6.18. The van der Waals surface area contributed by atoms with Gasteiger partial charge in [-0.2, -0.15) is 0 Å². The summed E-state index contributed by atoms with van der Waals surface area (Å²) in [7, 11) is 0. The molecule has 0 bridgehead atoms. The van der Waals surface area contributed by atoms with Gasteiger partial charge in [0.05, 0.1) is 5.56 Å². The number of rotatable bonds is 4. The Balaban J connectivity index is 2.02. The molecule has 102 valence electrons. The lowest BCUT2D eigenvalue weighted by atomic mass is 10.1. The third-order valence-corrected chi connectivity index (χ3v) is 3.08. The zero-order chi connectivity index (χ0) is 13.8. The number of amides is 2. The van der Waals surface area contributed by atoms with E-state index < -0.39 is 5.91 Å². The van der Waals surface area contributed by atoms with Crippen LogP contribution in [-0.2, 0) is 4.79 Å². The molecular formula is C13H17N3O3. The minimum atomic E-state index is -0.629. The van der Waals surface area contributed by atoms with Gasteiger partial charge in [-0.15, -0.1) is 0 Å². The van der Waals surface area contributed by atoms with Crippen molar-refractivity contribution in [1.29, 1.82) is 0 Å². The zero-order valence-corrected chi connectivity index (χ0v) is 10.6. The smallest absolute Gasteiger partial charge is 0.260 e. The Morgan fingerprint density at radius 3 is 2.58 bits per heavy atom. The van der Waals surface area contributed by atoms with E-state index in [1.807, 2.05) is 0 Å². The predicted octanol–water partition coefficient (Wildman–Crippen LogP) is 0.369. The van der Waals surface area contributed by atoms with Crippen molar-refractivity contribution in [1.82, 2.24) is 4.90 Å². The Kier molecular flexibility index (Phi) is 3.89. The zero-order valence-electron chi connectivity index (χ0n) is 10.6. The largest absolute Gasteiger partial charge is 0.483 e. The van der Waals surface area contributed by atoms with Crippen LogP contribution in [0.1, 0.15) is 23.2 Å². The Morgan fingerprint density at radius 2 is 1.95 bits per heavy atom. The fourth-order valence-corrected chi connectivity index (χ4v) is 2.06. The van der Waals surface area contributed by atoms with Crippen LogP contribution in [0.25, 0.3) is 0 Å². The Hall–Kier alpha value is -2.24. The summed E-state index contributed by atoms with van der Waals surface area (Å²) in [5.41, 5.74) is 11.4. The Labute approximate surface area is 111 Å². The molecule has 1 saturated heterocycles. The van der Waals surface area contributed by atoms with Gasteiger partial charge in [0.15, 0.2) is 6.61 Å². The summed E-state index contributed by atoms with van der Waals surface area (Å²) in [6.45, 7) is 1.45. The van der Waals surface area contributed by atoms with Crippen LogP contribution in [0, 0.1) is 0 Å². The summed E-state index contributed by atoms with van der Waals surface area (Å²) in [5, 5.41) is 0. The second kappa shape index (κ2) is 5.60. The average molecular weight is 263 g/mol. The van der Waals surface area contributed by atoms with Gasteiger partial charge in [-0.3, -0.25) is 9.59 Å². The summed E-state index contributed by atoms with van der Waals surface area (Å²) in [6, 6.07) is 4.59. The molecule has 0 radical (unpaired) electrons. The molecule has 1 aliphatic heterocycles. The average Bonchev–Trinajstić information content (AvgIpc) is 2.90. The second-order valence-corrected chi connectivity index (χ2v) is 4.50. The molecule has 2 amide bonds. The number of carbonyl (C=O) groups is 2. The molecule has 1 aliphatic rings. The fourth-order valence-electron chi connectivity index (χ4n) is 2.06. The first-order valence-corrected chi connectivity index (χ1v) is 6.18. The van der Waals surface area contributed by atoms with Crippen LogP contribution < -0.4 is 16.2 Å². The van der Waals surface area contributed by atoms with Crippen LogP contribution in [0.2, 0.25) is 0 Å². The maximum absolute atomic E-state index is 11.8. The van der Waals surface area contributed by atoms with Gasteiger partial charge in [-0.1, -0.05) is 0 Å². The van der Waals surface area contributed by atoms with E-state index in [-0.39, 0.29) is 23.8 Å². The molecule has 0 unspecified atom stereocenters. The summed E-state index contributed by atoms with van der Waals surface area (Å²) >= 11 is 0. The number of nitrogens with zero attached hydrogens (tertiary/aromatic N) is 1. The Bertz CT molecular complexity index is 496. The molecule has 19 heavy (non-hydrogen) atoms. The van der Waals surface area contributed by atoms with Gasteiger partial charge in [0, 0.05) is 18.8 Å². The van der Waals surface area contributed by atoms with Gasteiger partial charge in [-0.25, -0.2) is 0 Å². The molecule has 0 atom stereocenters. The van der Waals surface area contributed by atoms with Crippen LogP contribution in [0.5, 0.6) is 5.75 Å². The number of benzene rings is 1. The molecule has 0 aromatic heterocycles. The van der Waals surface area contributed by atoms with Crippen molar-refractivity contribution in [2.75, 3.05) is 25.4 Å². The van der Waals surface area contributed by atoms with Crippen LogP contribution in [0.15, 0.2) is 18.2 Å². The van der Waals surface area contributed by atoms with Gasteiger partial charge in [0.1, 0.15) is 5.75 Å². The maximum Gasteiger partial charge on any atom is 0.260 e. The number of likely N-dealkylation sites (tertiary alicyclic amines) is 1. The van der Waals surface area contributed by atoms with E-state index in [4.69, 9.17) is 16.2 Å². The van der Waals surface area contributed by atoms with Crippen molar-refractivity contribution in [2.45, 2.75) is 12.8 Å². The molecule has 6 heteroatoms. The van der Waals surface area contributed by atoms with E-state index in [2.05, 4.69) is 0 Å². The molecule has 2 rings (SSSR count). The van der Waals surface area contributed by atoms with Gasteiger partial charge >= 0.3 is 0 Å². The van der Waals surface area contributed by atoms with Gasteiger partial charge < -0.3 is 21.1 Å². The molecule has 0 aliphatic carbocycles. The molecule has 0 saturated carbocycles. The van der Waals surface area contributed by atoms with E-state index in [9.17, 15) is 9.59 Å². The van der Waals surface area contributed by atoms with E-state index in [0.29, 0.717) is 5.69 Å². The minimum Gasteiger partial charge on any atom is -0.483 e. The van der Waals surface area contributed by atoms with Crippen LogP contribution >= 0.6 is 0 Å². The highest BCUT2D eigenvalue weighted by Crippen LogP contribution is 2.21. The SMILES string of the molecule is NC(=O)c1cc(N)ccc1OCC(=O)N1CCCC1. The van der Waals surface area contributed by atoms with Crippen molar-refractivity contribution in [3.63, 3.8) is 0 Å². The van der Waals surface area contributed by atoms with Crippen molar-refractivity contribution in [3.8, 4) is 5.75 Å². The van der Waals surface area contributed by atoms with E-state index in [1.54, 1.807) is 17.0 Å². The Morgan fingerprint density at radius 1 is 1.26 bits per heavy atom. The fraction of sp³-hybridized carbons (Fsp3) is 0.385. The first-order chi connectivity index (χ1) is 9.08. The number of carbonyl (C=O) groups excluding carboxylic acids is 2. The van der Waals surface area contributed by atoms with Crippen LogP contribution in [0.4, 0.5) is 5.69 Å². The molecule has 4 N–H and O–H groups in total. The van der Waals surface area contributed by atoms with E-state index in [0.717, 1.165) is 25.9 Å². The molecule has 6 nitrogen and oxygen atoms in total. The monoisotopic (exact) mass is 263 g/mol. The predicted molar refractivity (Wildman–Crippen MR) is 70.7 cm³/mol. The van der Waals surface area contributed by atoms with E-state index in [1.165, 1.54) is 6.07 Å². The van der Waals surface area contributed by atoms with Gasteiger partial charge in [0.25, 0.3) is 11.8 Å². The van der Waals surface area contributed by atoms with Crippen molar-refractivity contribution < 1.29 is 14.3 Å². The van der Waals surface area contributed by atoms with Gasteiger partial charge in [0.2, 0.25) is 0 Å². The topological polar surface area (TPSA) is 98.6 Å². The van der Waals surface area contributed by atoms with Crippen molar-refractivity contribution in [3.05, 3.63) is 23.8 Å². The summed E-state index contributed by atoms with van der Waals surface area (Å²) in [5.74, 6) is -0.421. The lowest BCUT2D eigenvalue weighted by molar-refractivity contribution is -0.132. The molecule has 1 fully saturated rings. The number of ether oxygens (including phenoxy) is 1. The third-order valence-electron chi connectivity index (χ3n) is 3.08. The van der Waals surface area contributed by atoms with Crippen LogP contribution in [0.3, 0.4) is 0 Å². The van der Waals surface area contributed by atoms with Gasteiger partial charge in [-0.05, 0) is 31.0 Å². The molecular weight excluding hydrogens is 246 g/mol. The van der Waals surface area contributed by atoms with Crippen LogP contribution in [-0.4, -0.2) is 36.4 Å². The highest BCUT2D eigenvalue weighted by Gasteiger charge is 2.19. The molecule has 1 heterocycles. The molecule has 0 spiro atoms. The van der Waals surface area contributed by atoms with E-state index >= 15 is 0 Å². The number of hydrogen-bond acceptors (Lipinski definition) is 4. The summed E-state index contributed by atoms with van der Waals surface area (Å²) in [6.07, 6.45) is 2.06. The maximum atomic E-state index is 11.8. The lowest BCUT2D eigenvalue weighted by Gasteiger charge is -2.16. The highest BCUT2D eigenvalue weighted by atomic mass is 16.5. The number of nitrogen functional groups attached to an aromatic ring is 1.